The molecule has 1 unspecified atom stereocenters. The van der Waals surface area contributed by atoms with Gasteiger partial charge < -0.3 is 20.2 Å². The van der Waals surface area contributed by atoms with Gasteiger partial charge in [0.05, 0.1) is 24.9 Å². The Balaban J connectivity index is 2.58. The van der Waals surface area contributed by atoms with Crippen LogP contribution in [0.1, 0.15) is 46.0 Å². The van der Waals surface area contributed by atoms with Gasteiger partial charge in [-0.1, -0.05) is 19.8 Å². The summed E-state index contributed by atoms with van der Waals surface area (Å²) in [5.74, 6) is 0.0167. The molecule has 1 rings (SSSR count). The van der Waals surface area contributed by atoms with E-state index in [0.29, 0.717) is 26.9 Å². The van der Waals surface area contributed by atoms with Crippen LogP contribution in [0.25, 0.3) is 0 Å². The van der Waals surface area contributed by atoms with E-state index in [4.69, 9.17) is 15.1 Å². The number of rotatable bonds is 8. The quantitative estimate of drug-likeness (QED) is 0.297. The van der Waals surface area contributed by atoms with Crippen molar-refractivity contribution in [2.75, 3.05) is 13.3 Å². The van der Waals surface area contributed by atoms with Crippen LogP contribution in [-0.2, 0) is 14.2 Å². The average Bonchev–Trinajstić information content (AvgIpc) is 2.82. The van der Waals surface area contributed by atoms with E-state index >= 15 is 0 Å². The minimum absolute atomic E-state index is 0.194. The van der Waals surface area contributed by atoms with Crippen molar-refractivity contribution in [2.45, 2.75) is 57.9 Å². The van der Waals surface area contributed by atoms with Crippen molar-refractivity contribution in [2.24, 2.45) is 11.1 Å². The van der Waals surface area contributed by atoms with E-state index in [9.17, 15) is 9.90 Å². The number of unbranched alkanes of at least 4 members (excludes halogenated alkanes) is 1. The molecule has 110 valence electrons. The predicted molar refractivity (Wildman–Crippen MR) is 74.9 cm³/mol. The molecule has 0 radical (unpaired) electrons. The molecular formula is C13H26BNO4. The molecule has 1 fully saturated rings. The van der Waals surface area contributed by atoms with Gasteiger partial charge in [0, 0.05) is 0 Å². The molecule has 0 heterocycles. The van der Waals surface area contributed by atoms with Crippen LogP contribution in [0.2, 0.25) is 5.82 Å². The molecular weight excluding hydrogens is 245 g/mol. The third-order valence-corrected chi connectivity index (χ3v) is 4.06. The second-order valence-electron chi connectivity index (χ2n) is 5.47. The molecule has 3 N–H and O–H groups in total. The lowest BCUT2D eigenvalue weighted by Crippen LogP contribution is -2.40. The first-order chi connectivity index (χ1) is 9.06. The molecule has 1 saturated carbocycles. The first-order valence-corrected chi connectivity index (χ1v) is 7.20. The number of nitrogens with two attached hydrogens (primary N) is 1. The minimum Gasteiger partial charge on any atom is -0.465 e. The third-order valence-electron chi connectivity index (χ3n) is 4.06. The molecule has 19 heavy (non-hydrogen) atoms. The van der Waals surface area contributed by atoms with Gasteiger partial charge in [-0.05, 0) is 32.0 Å². The summed E-state index contributed by atoms with van der Waals surface area (Å²) in [5, 5.41) is 10.0. The number of carbonyl (C=O) groups is 1. The maximum absolute atomic E-state index is 12.3. The van der Waals surface area contributed by atoms with Gasteiger partial charge in [-0.3, -0.25) is 4.79 Å². The molecule has 5 nitrogen and oxygen atoms in total. The minimum atomic E-state index is -0.754. The van der Waals surface area contributed by atoms with Gasteiger partial charge in [0.2, 0.25) is 0 Å². The van der Waals surface area contributed by atoms with Crippen molar-refractivity contribution < 1.29 is 19.3 Å². The fourth-order valence-electron chi connectivity index (χ4n) is 2.75. The molecule has 0 bridgehead atoms. The maximum Gasteiger partial charge on any atom is 0.314 e. The zero-order chi connectivity index (χ0) is 14.3. The number of aliphatic hydroxyl groups excluding tert-OH is 1. The van der Waals surface area contributed by atoms with Crippen LogP contribution in [-0.4, -0.2) is 38.0 Å². The monoisotopic (exact) mass is 271 g/mol. The Bertz CT molecular complexity index is 288. The summed E-state index contributed by atoms with van der Waals surface area (Å²) in [6.45, 7) is 4.36. The number of esters is 1. The van der Waals surface area contributed by atoms with Crippen LogP contribution >= 0.6 is 0 Å². The fourth-order valence-corrected chi connectivity index (χ4v) is 2.75. The van der Waals surface area contributed by atoms with Crippen molar-refractivity contribution in [3.63, 3.8) is 0 Å². The molecule has 0 aromatic carbocycles. The molecule has 0 aliphatic heterocycles. The summed E-state index contributed by atoms with van der Waals surface area (Å²) in [7, 11) is 0.549. The molecule has 3 atom stereocenters. The van der Waals surface area contributed by atoms with Gasteiger partial charge in [0.25, 0.3) is 7.48 Å². The highest BCUT2D eigenvalue weighted by atomic mass is 16.5. The zero-order valence-corrected chi connectivity index (χ0v) is 12.1. The molecule has 6 heteroatoms. The summed E-state index contributed by atoms with van der Waals surface area (Å²) >= 11 is 0. The Hall–Kier alpha value is -0.585. The van der Waals surface area contributed by atoms with Crippen LogP contribution in [0, 0.1) is 5.41 Å². The highest BCUT2D eigenvalue weighted by molar-refractivity contribution is 6.29. The highest BCUT2D eigenvalue weighted by Crippen LogP contribution is 2.48. The zero-order valence-electron chi connectivity index (χ0n) is 12.1. The van der Waals surface area contributed by atoms with Crippen LogP contribution in [0.5, 0.6) is 0 Å². The van der Waals surface area contributed by atoms with E-state index in [1.165, 1.54) is 0 Å². The average molecular weight is 271 g/mol. The summed E-state index contributed by atoms with van der Waals surface area (Å²) in [5.41, 5.74) is 4.56. The molecule has 0 spiro atoms. The Kier molecular flexibility index (Phi) is 6.82. The van der Waals surface area contributed by atoms with E-state index in [0.717, 1.165) is 19.3 Å². The Morgan fingerprint density at radius 3 is 2.95 bits per heavy atom. The van der Waals surface area contributed by atoms with Crippen molar-refractivity contribution >= 4 is 13.5 Å². The molecule has 1 aliphatic rings. The Morgan fingerprint density at radius 1 is 1.63 bits per heavy atom. The second kappa shape index (κ2) is 7.87. The van der Waals surface area contributed by atoms with Gasteiger partial charge in [0.1, 0.15) is 0 Å². The number of aliphatic hydroxyl groups is 1. The lowest BCUT2D eigenvalue weighted by molar-refractivity contribution is -0.162. The summed E-state index contributed by atoms with van der Waals surface area (Å²) in [4.78, 5) is 12.3. The predicted octanol–water partition coefficient (Wildman–Crippen LogP) is 0.954. The first-order valence-electron chi connectivity index (χ1n) is 7.20. The molecule has 0 aromatic rings. The lowest BCUT2D eigenvalue weighted by Gasteiger charge is -2.30. The normalized spacial score (nSPS) is 28.1. The SMILES string of the molecule is CCCCOC(=O)[C@@]1(C(C)O)CC[C@@H](BOCN)C1. The standard InChI is InChI=1S/C13H26BNO4/c1-3-4-7-18-12(17)13(10(2)16)6-5-11(8-13)14-19-9-15/h10-11,14,16H,3-9,15H2,1-2H3/t10?,11-,13+/m1/s1. The van der Waals surface area contributed by atoms with Crippen LogP contribution in [0.4, 0.5) is 0 Å². The van der Waals surface area contributed by atoms with Crippen LogP contribution < -0.4 is 5.73 Å². The molecule has 0 saturated heterocycles. The van der Waals surface area contributed by atoms with Gasteiger partial charge >= 0.3 is 5.97 Å². The highest BCUT2D eigenvalue weighted by Gasteiger charge is 2.50. The van der Waals surface area contributed by atoms with Crippen molar-refractivity contribution in [1.29, 1.82) is 0 Å². The summed E-state index contributed by atoms with van der Waals surface area (Å²) < 4.78 is 10.5. The van der Waals surface area contributed by atoms with Gasteiger partial charge in [0.15, 0.2) is 0 Å². The van der Waals surface area contributed by atoms with E-state index in [1.54, 1.807) is 6.92 Å². The number of hydrogen-bond donors (Lipinski definition) is 2. The van der Waals surface area contributed by atoms with Crippen molar-refractivity contribution in [3.05, 3.63) is 0 Å². The van der Waals surface area contributed by atoms with Gasteiger partial charge in [-0.2, -0.15) is 0 Å². The first kappa shape index (κ1) is 16.5. The smallest absolute Gasteiger partial charge is 0.314 e. The summed E-state index contributed by atoms with van der Waals surface area (Å²) in [6, 6.07) is 0. The Labute approximate surface area is 116 Å². The van der Waals surface area contributed by atoms with Crippen LogP contribution in [0.3, 0.4) is 0 Å². The summed E-state index contributed by atoms with van der Waals surface area (Å²) in [6.07, 6.45) is 3.31. The molecule has 0 amide bonds. The maximum atomic E-state index is 12.3. The largest absolute Gasteiger partial charge is 0.465 e. The van der Waals surface area contributed by atoms with Crippen molar-refractivity contribution in [1.82, 2.24) is 0 Å². The van der Waals surface area contributed by atoms with E-state index < -0.39 is 11.5 Å². The van der Waals surface area contributed by atoms with E-state index in [-0.39, 0.29) is 18.5 Å². The topological polar surface area (TPSA) is 81.8 Å². The second-order valence-corrected chi connectivity index (χ2v) is 5.47. The van der Waals surface area contributed by atoms with E-state index in [2.05, 4.69) is 0 Å². The third kappa shape index (κ3) is 4.19. The molecule has 1 aliphatic carbocycles. The van der Waals surface area contributed by atoms with Gasteiger partial charge in [-0.15, -0.1) is 0 Å². The Morgan fingerprint density at radius 2 is 2.37 bits per heavy atom. The fraction of sp³-hybridized carbons (Fsp3) is 0.923. The van der Waals surface area contributed by atoms with E-state index in [1.807, 2.05) is 6.92 Å². The van der Waals surface area contributed by atoms with Crippen molar-refractivity contribution in [3.8, 4) is 0 Å². The number of ether oxygens (including phenoxy) is 1. The van der Waals surface area contributed by atoms with Gasteiger partial charge in [-0.25, -0.2) is 0 Å². The molecule has 0 aromatic heterocycles. The lowest BCUT2D eigenvalue weighted by atomic mass is 9.73. The number of carbonyl (C=O) groups excluding carboxylic acids is 1. The number of hydrogen-bond acceptors (Lipinski definition) is 5. The van der Waals surface area contributed by atoms with Crippen LogP contribution in [0.15, 0.2) is 0 Å².